The van der Waals surface area contributed by atoms with E-state index < -0.39 is 12.0 Å². The second-order valence-corrected chi connectivity index (χ2v) is 11.6. The first-order valence-corrected chi connectivity index (χ1v) is 14.8. The number of pyridine rings is 1. The lowest BCUT2D eigenvalue weighted by molar-refractivity contribution is -0.148. The molecular weight excluding hydrogens is 526 g/mol. The van der Waals surface area contributed by atoms with Crippen molar-refractivity contribution in [2.75, 3.05) is 44.7 Å². The molecule has 2 amide bonds. The summed E-state index contributed by atoms with van der Waals surface area (Å²) in [7, 11) is 2.08. The zero-order valence-corrected chi connectivity index (χ0v) is 25.4. The molecule has 0 spiro atoms. The summed E-state index contributed by atoms with van der Waals surface area (Å²) >= 11 is 0. The second-order valence-electron chi connectivity index (χ2n) is 11.6. The molecule has 0 radical (unpaired) electrons. The van der Waals surface area contributed by atoms with Crippen LogP contribution in [0.2, 0.25) is 0 Å². The third-order valence-corrected chi connectivity index (χ3v) is 6.80. The normalized spacial score (nSPS) is 15.3. The predicted molar refractivity (Wildman–Crippen MR) is 157 cm³/mol. The Morgan fingerprint density at radius 3 is 2.56 bits per heavy atom. The maximum absolute atomic E-state index is 12.4. The van der Waals surface area contributed by atoms with Crippen molar-refractivity contribution in [2.45, 2.75) is 90.7 Å². The fraction of sp³-hybridized carbons (Fsp3) is 0.700. The zero-order valence-electron chi connectivity index (χ0n) is 25.4. The third-order valence-electron chi connectivity index (χ3n) is 6.80. The Morgan fingerprint density at radius 2 is 1.95 bits per heavy atom. The molecule has 1 atom stereocenters. The number of hydrogen-bond donors (Lipinski definition) is 3. The van der Waals surface area contributed by atoms with Crippen LogP contribution in [0.5, 0.6) is 0 Å². The summed E-state index contributed by atoms with van der Waals surface area (Å²) in [6, 6.07) is 3.39. The number of hydrogen-bond acceptors (Lipinski definition) is 9. The molecule has 0 saturated carbocycles. The lowest BCUT2D eigenvalue weighted by Gasteiger charge is -2.28. The molecule has 230 valence electrons. The Labute approximate surface area is 244 Å². The third kappa shape index (κ3) is 12.9. The van der Waals surface area contributed by atoms with E-state index in [2.05, 4.69) is 44.8 Å². The minimum absolute atomic E-state index is 0.0361. The number of fused-ring (bicyclic) bond motifs is 1. The molecule has 3 N–H and O–H groups in total. The van der Waals surface area contributed by atoms with Gasteiger partial charge in [-0.15, -0.1) is 0 Å². The van der Waals surface area contributed by atoms with Gasteiger partial charge in [0.1, 0.15) is 17.5 Å². The van der Waals surface area contributed by atoms with E-state index in [1.54, 1.807) is 0 Å². The molecule has 1 fully saturated rings. The summed E-state index contributed by atoms with van der Waals surface area (Å²) in [6.07, 6.45) is 6.70. The number of carbonyl (C=O) groups is 4. The van der Waals surface area contributed by atoms with Gasteiger partial charge in [0.2, 0.25) is 11.8 Å². The first-order valence-electron chi connectivity index (χ1n) is 14.8. The summed E-state index contributed by atoms with van der Waals surface area (Å²) < 4.78 is 9.82. The Balaban J connectivity index is 0.000000745. The summed E-state index contributed by atoms with van der Waals surface area (Å²) in [5, 5.41) is 8.57. The Bertz CT molecular complexity index is 992. The number of aromatic nitrogens is 1. The lowest BCUT2D eigenvalue weighted by atomic mass is 10.0. The predicted octanol–water partition coefficient (Wildman–Crippen LogP) is 2.30. The summed E-state index contributed by atoms with van der Waals surface area (Å²) in [6.45, 7) is 10.5. The number of nitrogens with one attached hydrogen (secondary N) is 3. The molecule has 0 aliphatic carbocycles. The average Bonchev–Trinajstić information content (AvgIpc) is 2.88. The highest BCUT2D eigenvalue weighted by atomic mass is 16.5. The van der Waals surface area contributed by atoms with Crippen LogP contribution < -0.4 is 20.9 Å². The molecule has 41 heavy (non-hydrogen) atoms. The fourth-order valence-corrected chi connectivity index (χ4v) is 4.21. The Hall–Kier alpha value is -3.21. The van der Waals surface area contributed by atoms with E-state index in [0.717, 1.165) is 56.6 Å². The lowest BCUT2D eigenvalue weighted by Crippen LogP contribution is -2.56. The van der Waals surface area contributed by atoms with Crippen molar-refractivity contribution in [3.63, 3.8) is 0 Å². The van der Waals surface area contributed by atoms with Crippen LogP contribution in [0.1, 0.15) is 77.5 Å². The zero-order chi connectivity index (χ0) is 30.3. The van der Waals surface area contributed by atoms with Gasteiger partial charge < -0.3 is 30.3 Å². The Kier molecular flexibility index (Phi) is 14.6. The molecule has 0 aromatic carbocycles. The molecule has 1 unspecified atom stereocenters. The quantitative estimate of drug-likeness (QED) is 0.173. The number of anilines is 1. The van der Waals surface area contributed by atoms with Crippen LogP contribution in [-0.4, -0.2) is 80.7 Å². The SMILES string of the molecule is CC(C)(C)OC=O.CCCCOC(=O)C(CNC(=O)CCCCc1ccc2c(n1)N(C)CCC2)NC(=O)C1CNC1. The number of amides is 2. The van der Waals surface area contributed by atoms with Crippen LogP contribution in [0.3, 0.4) is 0 Å². The fourth-order valence-electron chi connectivity index (χ4n) is 4.21. The van der Waals surface area contributed by atoms with E-state index in [9.17, 15) is 19.2 Å². The number of ether oxygens (including phenoxy) is 2. The van der Waals surface area contributed by atoms with Crippen molar-refractivity contribution in [1.29, 1.82) is 0 Å². The molecule has 1 aromatic rings. The van der Waals surface area contributed by atoms with Gasteiger partial charge in [0, 0.05) is 45.3 Å². The first-order chi connectivity index (χ1) is 19.5. The van der Waals surface area contributed by atoms with Crippen molar-refractivity contribution >= 4 is 30.1 Å². The molecule has 11 heteroatoms. The molecule has 3 rings (SSSR count). The van der Waals surface area contributed by atoms with Gasteiger partial charge >= 0.3 is 5.97 Å². The van der Waals surface area contributed by atoms with Gasteiger partial charge in [0.05, 0.1) is 12.5 Å². The van der Waals surface area contributed by atoms with Crippen LogP contribution in [-0.2, 0) is 41.5 Å². The molecule has 0 bridgehead atoms. The summed E-state index contributed by atoms with van der Waals surface area (Å²) in [4.78, 5) is 53.7. The van der Waals surface area contributed by atoms with Gasteiger partial charge in [-0.25, -0.2) is 9.78 Å². The number of nitrogens with zero attached hydrogens (tertiary/aromatic N) is 2. The van der Waals surface area contributed by atoms with Crippen LogP contribution in [0.25, 0.3) is 0 Å². The van der Waals surface area contributed by atoms with E-state index >= 15 is 0 Å². The monoisotopic (exact) mass is 575 g/mol. The van der Waals surface area contributed by atoms with Crippen molar-refractivity contribution in [3.05, 3.63) is 23.4 Å². The molecule has 2 aliphatic rings. The van der Waals surface area contributed by atoms with Crippen molar-refractivity contribution < 1.29 is 28.7 Å². The van der Waals surface area contributed by atoms with Gasteiger partial charge in [0.15, 0.2) is 0 Å². The maximum Gasteiger partial charge on any atom is 0.330 e. The minimum atomic E-state index is -0.870. The van der Waals surface area contributed by atoms with E-state index in [1.165, 1.54) is 12.0 Å². The van der Waals surface area contributed by atoms with Gasteiger partial charge in [0.25, 0.3) is 6.47 Å². The molecule has 1 aromatic heterocycles. The molecule has 1 saturated heterocycles. The van der Waals surface area contributed by atoms with Crippen molar-refractivity contribution in [2.24, 2.45) is 5.92 Å². The van der Waals surface area contributed by atoms with Gasteiger partial charge in [-0.2, -0.15) is 0 Å². The average molecular weight is 576 g/mol. The van der Waals surface area contributed by atoms with Gasteiger partial charge in [-0.05, 0) is 70.9 Å². The highest BCUT2D eigenvalue weighted by Crippen LogP contribution is 2.24. The van der Waals surface area contributed by atoms with E-state index in [4.69, 9.17) is 9.72 Å². The number of rotatable bonds is 14. The van der Waals surface area contributed by atoms with Crippen LogP contribution >= 0.6 is 0 Å². The number of esters is 1. The van der Waals surface area contributed by atoms with Crippen molar-refractivity contribution in [3.8, 4) is 0 Å². The highest BCUT2D eigenvalue weighted by molar-refractivity contribution is 5.87. The van der Waals surface area contributed by atoms with Crippen LogP contribution in [0.15, 0.2) is 12.1 Å². The van der Waals surface area contributed by atoms with Crippen LogP contribution in [0.4, 0.5) is 5.82 Å². The van der Waals surface area contributed by atoms with E-state index in [1.807, 2.05) is 27.7 Å². The van der Waals surface area contributed by atoms with Gasteiger partial charge in [-0.1, -0.05) is 19.4 Å². The Morgan fingerprint density at radius 1 is 1.20 bits per heavy atom. The van der Waals surface area contributed by atoms with E-state index in [0.29, 0.717) is 32.6 Å². The number of aryl methyl sites for hydroxylation is 2. The van der Waals surface area contributed by atoms with Crippen molar-refractivity contribution in [1.82, 2.24) is 20.9 Å². The minimum Gasteiger partial charge on any atom is -0.464 e. The topological polar surface area (TPSA) is 139 Å². The standard InChI is InChI=1S/C25H39N5O4.C5H10O2/c1-3-4-14-34-25(33)21(29-24(32)19-15-26-16-19)17-27-22(31)10-6-5-9-20-12-11-18-8-7-13-30(2)23(18)28-20;1-5(2,3)7-4-6/h11-12,19,21,26H,3-10,13-17H2,1-2H3,(H,27,31)(H,29,32);4H,1-3H3. The smallest absolute Gasteiger partial charge is 0.330 e. The number of carbonyl (C=O) groups excluding carboxylic acids is 4. The molecule has 2 aliphatic heterocycles. The maximum atomic E-state index is 12.4. The molecule has 3 heterocycles. The summed E-state index contributed by atoms with van der Waals surface area (Å²) in [5.74, 6) is 0.118. The first kappa shape index (κ1) is 34.0. The highest BCUT2D eigenvalue weighted by Gasteiger charge is 2.30. The number of unbranched alkanes of at least 4 members (excludes halogenated alkanes) is 2. The second kappa shape index (κ2) is 17.6. The van der Waals surface area contributed by atoms with E-state index in [-0.39, 0.29) is 29.9 Å². The van der Waals surface area contributed by atoms with Gasteiger partial charge in [-0.3, -0.25) is 14.4 Å². The molecule has 11 nitrogen and oxygen atoms in total. The van der Waals surface area contributed by atoms with Crippen LogP contribution in [0, 0.1) is 5.92 Å². The largest absolute Gasteiger partial charge is 0.464 e. The molecular formula is C30H49N5O6. The summed E-state index contributed by atoms with van der Waals surface area (Å²) in [5.41, 5.74) is 2.04.